The number of hydrogen-bond donors (Lipinski definition) is 2. The van der Waals surface area contributed by atoms with E-state index in [1.807, 2.05) is 6.92 Å². The van der Waals surface area contributed by atoms with Crippen LogP contribution in [0.4, 0.5) is 0 Å². The molecule has 2 heterocycles. The number of fused-ring (bicyclic) bond motifs is 1. The van der Waals surface area contributed by atoms with Gasteiger partial charge in [-0.25, -0.2) is 4.98 Å². The van der Waals surface area contributed by atoms with E-state index >= 15 is 0 Å². The van der Waals surface area contributed by atoms with Crippen molar-refractivity contribution < 1.29 is 14.1 Å². The van der Waals surface area contributed by atoms with E-state index in [-0.39, 0.29) is 5.91 Å². The Balaban J connectivity index is 1.90. The zero-order chi connectivity index (χ0) is 15.1. The molecule has 2 aromatic heterocycles. The van der Waals surface area contributed by atoms with Crippen molar-refractivity contribution in [3.05, 3.63) is 23.5 Å². The minimum absolute atomic E-state index is 0.152. The summed E-state index contributed by atoms with van der Waals surface area (Å²) in [5.41, 5.74) is 1.79. The van der Waals surface area contributed by atoms with Crippen LogP contribution in [-0.2, 0) is 11.2 Å². The van der Waals surface area contributed by atoms with E-state index in [4.69, 9.17) is 9.26 Å². The molecule has 0 atom stereocenters. The summed E-state index contributed by atoms with van der Waals surface area (Å²) in [7, 11) is 1.65. The van der Waals surface area contributed by atoms with Crippen LogP contribution < -0.4 is 10.6 Å². The number of carbonyl (C=O) groups excluding carboxylic acids is 1. The summed E-state index contributed by atoms with van der Waals surface area (Å²) in [5.74, 6) is -0.152. The average Bonchev–Trinajstić information content (AvgIpc) is 2.92. The van der Waals surface area contributed by atoms with Crippen LogP contribution >= 0.6 is 0 Å². The number of aryl methyl sites for hydroxylation is 1. The first-order valence-electron chi connectivity index (χ1n) is 6.98. The summed E-state index contributed by atoms with van der Waals surface area (Å²) in [6, 6.07) is 1.77. The summed E-state index contributed by atoms with van der Waals surface area (Å²) < 4.78 is 10.0. The van der Waals surface area contributed by atoms with Crippen LogP contribution in [0.3, 0.4) is 0 Å². The molecule has 2 N–H and O–H groups in total. The third-order valence-corrected chi connectivity index (χ3v) is 3.07. The zero-order valence-electron chi connectivity index (χ0n) is 12.3. The van der Waals surface area contributed by atoms with Gasteiger partial charge in [0.15, 0.2) is 0 Å². The predicted octanol–water partition coefficient (Wildman–Crippen LogP) is 0.751. The number of hydrogen-bond acceptors (Lipinski definition) is 6. The Hall–Kier alpha value is -1.99. The minimum atomic E-state index is -0.152. The summed E-state index contributed by atoms with van der Waals surface area (Å²) in [5, 5.41) is 10.7. The molecule has 7 heteroatoms. The number of ether oxygens (including phenoxy) is 1. The molecular formula is C14H20N4O3. The largest absolute Gasteiger partial charge is 0.383 e. The van der Waals surface area contributed by atoms with Crippen molar-refractivity contribution >= 4 is 17.0 Å². The molecule has 0 spiro atoms. The van der Waals surface area contributed by atoms with Crippen LogP contribution in [0.2, 0.25) is 0 Å². The monoisotopic (exact) mass is 292 g/mol. The second-order valence-electron chi connectivity index (χ2n) is 4.56. The SMILES string of the molecule is CCc1noc2ncc(C(=O)NCCNCCOC)cc12. The lowest BCUT2D eigenvalue weighted by molar-refractivity contribution is 0.0953. The van der Waals surface area contributed by atoms with Crippen molar-refractivity contribution in [2.24, 2.45) is 0 Å². The number of amides is 1. The maximum Gasteiger partial charge on any atom is 0.257 e. The fourth-order valence-electron chi connectivity index (χ4n) is 1.92. The predicted molar refractivity (Wildman–Crippen MR) is 78.3 cm³/mol. The molecule has 2 rings (SSSR count). The number of nitrogens with zero attached hydrogens (tertiary/aromatic N) is 2. The lowest BCUT2D eigenvalue weighted by Crippen LogP contribution is -2.33. The van der Waals surface area contributed by atoms with Crippen molar-refractivity contribution in [1.29, 1.82) is 0 Å². The van der Waals surface area contributed by atoms with Gasteiger partial charge in [0.05, 0.1) is 23.3 Å². The highest BCUT2D eigenvalue weighted by Gasteiger charge is 2.12. The Morgan fingerprint density at radius 2 is 2.24 bits per heavy atom. The van der Waals surface area contributed by atoms with E-state index in [9.17, 15) is 4.79 Å². The fourth-order valence-corrected chi connectivity index (χ4v) is 1.92. The molecule has 0 unspecified atom stereocenters. The molecule has 7 nitrogen and oxygen atoms in total. The van der Waals surface area contributed by atoms with E-state index in [1.54, 1.807) is 13.2 Å². The van der Waals surface area contributed by atoms with Crippen LogP contribution in [0, 0.1) is 0 Å². The van der Waals surface area contributed by atoms with E-state index in [1.165, 1.54) is 6.20 Å². The fraction of sp³-hybridized carbons (Fsp3) is 0.500. The molecule has 0 radical (unpaired) electrons. The van der Waals surface area contributed by atoms with Crippen LogP contribution in [0.1, 0.15) is 23.0 Å². The first kappa shape index (κ1) is 15.4. The number of aromatic nitrogens is 2. The third-order valence-electron chi connectivity index (χ3n) is 3.07. The third kappa shape index (κ3) is 3.99. The van der Waals surface area contributed by atoms with E-state index < -0.39 is 0 Å². The molecule has 0 aliphatic carbocycles. The molecule has 1 amide bonds. The Morgan fingerprint density at radius 1 is 1.38 bits per heavy atom. The molecular weight excluding hydrogens is 272 g/mol. The molecule has 0 aromatic carbocycles. The van der Waals surface area contributed by atoms with Crippen molar-refractivity contribution in [1.82, 2.24) is 20.8 Å². The number of methoxy groups -OCH3 is 1. The van der Waals surface area contributed by atoms with Gasteiger partial charge in [-0.15, -0.1) is 0 Å². The van der Waals surface area contributed by atoms with Gasteiger partial charge in [-0.3, -0.25) is 4.79 Å². The van der Waals surface area contributed by atoms with Crippen molar-refractivity contribution in [2.75, 3.05) is 33.4 Å². The standard InChI is InChI=1S/C14H20N4O3/c1-3-12-11-8-10(9-17-14(11)21-18-12)13(19)16-5-4-15-6-7-20-2/h8-9,15H,3-7H2,1-2H3,(H,16,19). The average molecular weight is 292 g/mol. The normalized spacial score (nSPS) is 11.0. The molecule has 0 saturated heterocycles. The maximum atomic E-state index is 12.0. The summed E-state index contributed by atoms with van der Waals surface area (Å²) in [6.45, 7) is 4.64. The number of nitrogens with one attached hydrogen (secondary N) is 2. The highest BCUT2D eigenvalue weighted by atomic mass is 16.5. The van der Waals surface area contributed by atoms with Gasteiger partial charge < -0.3 is 19.9 Å². The molecule has 0 bridgehead atoms. The van der Waals surface area contributed by atoms with E-state index in [0.29, 0.717) is 31.0 Å². The Labute approximate surface area is 123 Å². The smallest absolute Gasteiger partial charge is 0.257 e. The molecule has 0 saturated carbocycles. The highest BCUT2D eigenvalue weighted by molar-refractivity contribution is 5.96. The number of rotatable bonds is 8. The Kier molecular flexibility index (Phi) is 5.65. The molecule has 114 valence electrons. The molecule has 0 fully saturated rings. The van der Waals surface area contributed by atoms with Gasteiger partial charge >= 0.3 is 0 Å². The van der Waals surface area contributed by atoms with E-state index in [2.05, 4.69) is 20.8 Å². The van der Waals surface area contributed by atoms with Crippen LogP contribution in [0.25, 0.3) is 11.1 Å². The van der Waals surface area contributed by atoms with Gasteiger partial charge in [-0.1, -0.05) is 12.1 Å². The van der Waals surface area contributed by atoms with Crippen LogP contribution in [0.15, 0.2) is 16.8 Å². The number of pyridine rings is 1. The highest BCUT2D eigenvalue weighted by Crippen LogP contribution is 2.17. The number of carbonyl (C=O) groups is 1. The lowest BCUT2D eigenvalue weighted by Gasteiger charge is -2.06. The second-order valence-corrected chi connectivity index (χ2v) is 4.56. The van der Waals surface area contributed by atoms with Gasteiger partial charge in [0.2, 0.25) is 0 Å². The molecule has 21 heavy (non-hydrogen) atoms. The quantitative estimate of drug-likeness (QED) is 0.698. The minimum Gasteiger partial charge on any atom is -0.383 e. The van der Waals surface area contributed by atoms with Gasteiger partial charge in [-0.05, 0) is 12.5 Å². The van der Waals surface area contributed by atoms with Crippen molar-refractivity contribution in [2.45, 2.75) is 13.3 Å². The second kappa shape index (κ2) is 7.70. The van der Waals surface area contributed by atoms with Crippen molar-refractivity contribution in [3.8, 4) is 0 Å². The van der Waals surface area contributed by atoms with Crippen molar-refractivity contribution in [3.63, 3.8) is 0 Å². The summed E-state index contributed by atoms with van der Waals surface area (Å²) >= 11 is 0. The van der Waals surface area contributed by atoms with Gasteiger partial charge in [-0.2, -0.15) is 0 Å². The van der Waals surface area contributed by atoms with E-state index in [0.717, 1.165) is 24.0 Å². The maximum absolute atomic E-state index is 12.0. The molecule has 2 aromatic rings. The first-order chi connectivity index (χ1) is 10.3. The zero-order valence-corrected chi connectivity index (χ0v) is 12.3. The van der Waals surface area contributed by atoms with Crippen LogP contribution in [-0.4, -0.2) is 49.4 Å². The summed E-state index contributed by atoms with van der Waals surface area (Å²) in [6.07, 6.45) is 2.24. The summed E-state index contributed by atoms with van der Waals surface area (Å²) in [4.78, 5) is 16.2. The lowest BCUT2D eigenvalue weighted by atomic mass is 10.1. The molecule has 0 aliphatic rings. The topological polar surface area (TPSA) is 89.3 Å². The van der Waals surface area contributed by atoms with Gasteiger partial charge in [0, 0.05) is 32.9 Å². The van der Waals surface area contributed by atoms with Gasteiger partial charge in [0.1, 0.15) is 0 Å². The van der Waals surface area contributed by atoms with Gasteiger partial charge in [0.25, 0.3) is 11.6 Å². The Bertz CT molecular complexity index is 597. The Morgan fingerprint density at radius 3 is 3.00 bits per heavy atom. The van der Waals surface area contributed by atoms with Crippen LogP contribution in [0.5, 0.6) is 0 Å². The molecule has 0 aliphatic heterocycles. The first-order valence-corrected chi connectivity index (χ1v) is 6.98.